The molecule has 1 saturated carbocycles. The molecule has 3 heterocycles. The molecule has 7 heteroatoms. The molecular weight excluding hydrogens is 294 g/mol. The van der Waals surface area contributed by atoms with Gasteiger partial charge in [0.05, 0.1) is 6.04 Å². The molecule has 0 radical (unpaired) electrons. The van der Waals surface area contributed by atoms with Gasteiger partial charge in [-0.05, 0) is 38.2 Å². The minimum atomic E-state index is 0.331. The molecule has 2 aliphatic heterocycles. The van der Waals surface area contributed by atoms with E-state index in [1.807, 2.05) is 16.9 Å². The van der Waals surface area contributed by atoms with Crippen LogP contribution < -0.4 is 10.2 Å². The third kappa shape index (κ3) is 3.44. The standard InChI is InChI=1S/C16H21N5O2/c1-11(17-15-10-14(18-19-15)12-2-3-12)23-16-4-7-21(20-16)13-5-8-22-9-6-13/h4,7,12-13H,1-3,5-6,8-10H2,(H,17,19). The number of amidine groups is 1. The average molecular weight is 315 g/mol. The van der Waals surface area contributed by atoms with Crippen LogP contribution in [0, 0.1) is 5.92 Å². The van der Waals surface area contributed by atoms with Crippen LogP contribution in [0.2, 0.25) is 0 Å². The van der Waals surface area contributed by atoms with Crippen LogP contribution in [0.15, 0.2) is 34.8 Å². The van der Waals surface area contributed by atoms with Gasteiger partial charge < -0.3 is 9.47 Å². The molecular formula is C16H21N5O2. The lowest BCUT2D eigenvalue weighted by molar-refractivity contribution is 0.0659. The second kappa shape index (κ2) is 6.16. The second-order valence-corrected chi connectivity index (χ2v) is 6.20. The molecule has 4 rings (SSSR count). The highest BCUT2D eigenvalue weighted by molar-refractivity contribution is 6.09. The average Bonchev–Trinajstić information content (AvgIpc) is 3.14. The van der Waals surface area contributed by atoms with E-state index in [1.165, 1.54) is 18.6 Å². The summed E-state index contributed by atoms with van der Waals surface area (Å²) in [7, 11) is 0. The summed E-state index contributed by atoms with van der Waals surface area (Å²) in [5.41, 5.74) is 4.15. The number of hydrogen-bond acceptors (Lipinski definition) is 5. The van der Waals surface area contributed by atoms with Gasteiger partial charge in [-0.1, -0.05) is 0 Å². The lowest BCUT2D eigenvalue weighted by Crippen LogP contribution is -2.19. The van der Waals surface area contributed by atoms with E-state index in [4.69, 9.17) is 9.47 Å². The predicted molar refractivity (Wildman–Crippen MR) is 86.4 cm³/mol. The van der Waals surface area contributed by atoms with Crippen molar-refractivity contribution >= 4 is 11.5 Å². The zero-order valence-corrected chi connectivity index (χ0v) is 13.1. The summed E-state index contributed by atoms with van der Waals surface area (Å²) < 4.78 is 12.9. The number of aliphatic imine (C=N–C) groups is 1. The molecule has 1 aromatic rings. The van der Waals surface area contributed by atoms with Crippen LogP contribution in [-0.4, -0.2) is 34.5 Å². The van der Waals surface area contributed by atoms with Crippen LogP contribution in [0.4, 0.5) is 0 Å². The lowest BCUT2D eigenvalue weighted by Gasteiger charge is -2.22. The predicted octanol–water partition coefficient (Wildman–Crippen LogP) is 2.24. The number of hydrazone groups is 1. The maximum Gasteiger partial charge on any atom is 0.240 e. The largest absolute Gasteiger partial charge is 0.420 e. The number of nitrogens with one attached hydrogen (secondary N) is 1. The van der Waals surface area contributed by atoms with E-state index in [2.05, 4.69) is 27.2 Å². The van der Waals surface area contributed by atoms with Crippen LogP contribution in [0.3, 0.4) is 0 Å². The Bertz CT molecular complexity index is 653. The number of rotatable bonds is 5. The number of aromatic nitrogens is 2. The zero-order chi connectivity index (χ0) is 15.6. The molecule has 122 valence electrons. The third-order valence-electron chi connectivity index (χ3n) is 4.36. The molecule has 1 saturated heterocycles. The minimum Gasteiger partial charge on any atom is -0.420 e. The maximum atomic E-state index is 5.62. The van der Waals surface area contributed by atoms with Crippen molar-refractivity contribution in [1.29, 1.82) is 0 Å². The van der Waals surface area contributed by atoms with Gasteiger partial charge in [0.1, 0.15) is 5.84 Å². The van der Waals surface area contributed by atoms with Crippen molar-refractivity contribution < 1.29 is 9.47 Å². The van der Waals surface area contributed by atoms with Crippen LogP contribution in [0.1, 0.15) is 38.1 Å². The van der Waals surface area contributed by atoms with Crippen LogP contribution in [0.25, 0.3) is 0 Å². The van der Waals surface area contributed by atoms with Crippen molar-refractivity contribution in [2.75, 3.05) is 13.2 Å². The molecule has 0 atom stereocenters. The van der Waals surface area contributed by atoms with Crippen LogP contribution >= 0.6 is 0 Å². The molecule has 1 N–H and O–H groups in total. The Hall–Kier alpha value is -2.15. The van der Waals surface area contributed by atoms with Crippen molar-refractivity contribution in [3.8, 4) is 5.88 Å². The van der Waals surface area contributed by atoms with Gasteiger partial charge in [-0.3, -0.25) is 10.1 Å². The van der Waals surface area contributed by atoms with Gasteiger partial charge in [0, 0.05) is 37.6 Å². The summed E-state index contributed by atoms with van der Waals surface area (Å²) in [5.74, 6) is 2.30. The first-order chi connectivity index (χ1) is 11.3. The van der Waals surface area contributed by atoms with E-state index in [1.54, 1.807) is 0 Å². The van der Waals surface area contributed by atoms with Gasteiger partial charge >= 0.3 is 0 Å². The number of nitrogens with zero attached hydrogens (tertiary/aromatic N) is 4. The van der Waals surface area contributed by atoms with Crippen LogP contribution in [0.5, 0.6) is 5.88 Å². The van der Waals surface area contributed by atoms with E-state index in [0.29, 0.717) is 23.7 Å². The number of hydrogen-bond donors (Lipinski definition) is 1. The number of ether oxygens (including phenoxy) is 2. The van der Waals surface area contributed by atoms with Gasteiger partial charge in [0.2, 0.25) is 11.8 Å². The summed E-state index contributed by atoms with van der Waals surface area (Å²) in [6.45, 7) is 5.43. The molecule has 1 aromatic heterocycles. The highest BCUT2D eigenvalue weighted by Crippen LogP contribution is 2.33. The van der Waals surface area contributed by atoms with Gasteiger partial charge in [-0.25, -0.2) is 0 Å². The summed E-state index contributed by atoms with van der Waals surface area (Å²) in [5, 5.41) is 8.77. The first kappa shape index (κ1) is 14.4. The van der Waals surface area contributed by atoms with Crippen molar-refractivity contribution in [1.82, 2.24) is 15.2 Å². The normalized spacial score (nSPS) is 23.7. The maximum absolute atomic E-state index is 5.62. The Morgan fingerprint density at radius 2 is 2.17 bits per heavy atom. The molecule has 0 bridgehead atoms. The Labute approximate surface area is 135 Å². The molecule has 2 fully saturated rings. The van der Waals surface area contributed by atoms with E-state index in [-0.39, 0.29) is 0 Å². The summed E-state index contributed by atoms with van der Waals surface area (Å²) in [4.78, 5) is 4.36. The summed E-state index contributed by atoms with van der Waals surface area (Å²) in [6.07, 6.45) is 7.16. The van der Waals surface area contributed by atoms with E-state index in [9.17, 15) is 0 Å². The SMILES string of the molecule is C=C(/N=C1/CC(C2CC2)=NN1)Oc1ccn(C2CCOCC2)n1. The first-order valence-corrected chi connectivity index (χ1v) is 8.17. The lowest BCUT2D eigenvalue weighted by atomic mass is 10.1. The summed E-state index contributed by atoms with van der Waals surface area (Å²) in [6, 6.07) is 2.22. The van der Waals surface area contributed by atoms with Gasteiger partial charge in [0.15, 0.2) is 0 Å². The van der Waals surface area contributed by atoms with Gasteiger partial charge in [0.25, 0.3) is 0 Å². The smallest absolute Gasteiger partial charge is 0.240 e. The minimum absolute atomic E-state index is 0.331. The zero-order valence-electron chi connectivity index (χ0n) is 13.1. The Kier molecular flexibility index (Phi) is 3.87. The fraction of sp³-hybridized carbons (Fsp3) is 0.562. The van der Waals surface area contributed by atoms with Gasteiger partial charge in [-0.2, -0.15) is 10.1 Å². The van der Waals surface area contributed by atoms with E-state index < -0.39 is 0 Å². The molecule has 3 aliphatic rings. The van der Waals surface area contributed by atoms with Crippen molar-refractivity contribution in [2.45, 2.75) is 38.1 Å². The van der Waals surface area contributed by atoms with Crippen molar-refractivity contribution in [2.24, 2.45) is 16.0 Å². The van der Waals surface area contributed by atoms with Gasteiger partial charge in [-0.15, -0.1) is 5.10 Å². The topological polar surface area (TPSA) is 73.0 Å². The quantitative estimate of drug-likeness (QED) is 0.846. The first-order valence-electron chi connectivity index (χ1n) is 8.17. The fourth-order valence-corrected chi connectivity index (χ4v) is 2.93. The Balaban J connectivity index is 1.33. The highest BCUT2D eigenvalue weighted by Gasteiger charge is 2.31. The third-order valence-corrected chi connectivity index (χ3v) is 4.36. The van der Waals surface area contributed by atoms with Crippen LogP contribution in [-0.2, 0) is 4.74 Å². The summed E-state index contributed by atoms with van der Waals surface area (Å²) >= 11 is 0. The molecule has 0 spiro atoms. The van der Waals surface area contributed by atoms with E-state index >= 15 is 0 Å². The molecule has 23 heavy (non-hydrogen) atoms. The van der Waals surface area contributed by atoms with E-state index in [0.717, 1.165) is 38.3 Å². The van der Waals surface area contributed by atoms with Crippen molar-refractivity contribution in [3.05, 3.63) is 24.7 Å². The van der Waals surface area contributed by atoms with Crippen molar-refractivity contribution in [3.63, 3.8) is 0 Å². The molecule has 1 aliphatic carbocycles. The molecule has 7 nitrogen and oxygen atoms in total. The molecule has 0 amide bonds. The molecule has 0 aromatic carbocycles. The highest BCUT2D eigenvalue weighted by atomic mass is 16.5. The second-order valence-electron chi connectivity index (χ2n) is 6.20. The molecule has 0 unspecified atom stereocenters. The monoisotopic (exact) mass is 315 g/mol. The Morgan fingerprint density at radius 1 is 1.35 bits per heavy atom. The fourth-order valence-electron chi connectivity index (χ4n) is 2.93. The Morgan fingerprint density at radius 3 is 2.96 bits per heavy atom.